The van der Waals surface area contributed by atoms with Crippen molar-refractivity contribution in [3.63, 3.8) is 0 Å². The summed E-state index contributed by atoms with van der Waals surface area (Å²) in [5.41, 5.74) is 2.96. The highest BCUT2D eigenvalue weighted by Crippen LogP contribution is 2.25. The number of para-hydroxylation sites is 1. The van der Waals surface area contributed by atoms with E-state index in [1.165, 1.54) is 0 Å². The van der Waals surface area contributed by atoms with E-state index in [2.05, 4.69) is 35.8 Å². The van der Waals surface area contributed by atoms with Crippen molar-refractivity contribution in [2.75, 3.05) is 4.72 Å². The molecule has 6 heteroatoms. The quantitative estimate of drug-likeness (QED) is 0.692. The molecule has 27 heavy (non-hydrogen) atoms. The Bertz CT molecular complexity index is 1050. The van der Waals surface area contributed by atoms with Crippen LogP contribution in [-0.2, 0) is 16.6 Å². The highest BCUT2D eigenvalue weighted by Gasteiger charge is 2.16. The summed E-state index contributed by atoms with van der Waals surface area (Å²) in [6, 6.07) is 16.2. The van der Waals surface area contributed by atoms with Crippen LogP contribution in [0.4, 0.5) is 5.69 Å². The van der Waals surface area contributed by atoms with Crippen LogP contribution in [0.1, 0.15) is 32.0 Å². The summed E-state index contributed by atoms with van der Waals surface area (Å²) in [6.07, 6.45) is 0. The Hall–Kier alpha value is -2.44. The number of aromatic nitrogens is 1. The van der Waals surface area contributed by atoms with Crippen molar-refractivity contribution in [1.29, 1.82) is 0 Å². The topological polar surface area (TPSA) is 71.1 Å². The van der Waals surface area contributed by atoms with Gasteiger partial charge in [0.25, 0.3) is 10.0 Å². The summed E-state index contributed by atoms with van der Waals surface area (Å²) in [5.74, 6) is 0. The molecular formula is C21H25N3O2S. The molecular weight excluding hydrogens is 358 g/mol. The Morgan fingerprint density at radius 3 is 2.33 bits per heavy atom. The van der Waals surface area contributed by atoms with E-state index in [9.17, 15) is 8.42 Å². The minimum absolute atomic E-state index is 0.0246. The molecule has 0 unspecified atom stereocenters. The molecule has 2 aromatic carbocycles. The van der Waals surface area contributed by atoms with E-state index < -0.39 is 10.0 Å². The fourth-order valence-electron chi connectivity index (χ4n) is 2.65. The molecule has 0 saturated carbocycles. The Kier molecular flexibility index (Phi) is 5.22. The predicted octanol–water partition coefficient (Wildman–Crippen LogP) is 4.23. The van der Waals surface area contributed by atoms with E-state index in [0.29, 0.717) is 17.7 Å². The summed E-state index contributed by atoms with van der Waals surface area (Å²) < 4.78 is 28.2. The molecule has 5 nitrogen and oxygen atoms in total. The second-order valence-corrected chi connectivity index (χ2v) is 9.38. The number of nitrogens with one attached hydrogen (secondary N) is 2. The highest BCUT2D eigenvalue weighted by molar-refractivity contribution is 7.92. The van der Waals surface area contributed by atoms with Gasteiger partial charge in [-0.25, -0.2) is 13.4 Å². The number of benzene rings is 2. The van der Waals surface area contributed by atoms with Gasteiger partial charge in [0.15, 0.2) is 0 Å². The summed E-state index contributed by atoms with van der Waals surface area (Å²) in [7, 11) is -3.68. The van der Waals surface area contributed by atoms with Crippen molar-refractivity contribution in [1.82, 2.24) is 10.3 Å². The molecule has 3 rings (SSSR count). The second kappa shape index (κ2) is 7.29. The zero-order valence-electron chi connectivity index (χ0n) is 16.1. The Morgan fingerprint density at radius 1 is 0.963 bits per heavy atom. The van der Waals surface area contributed by atoms with Crippen LogP contribution in [0.2, 0.25) is 0 Å². The molecule has 1 heterocycles. The van der Waals surface area contributed by atoms with Gasteiger partial charge < -0.3 is 5.32 Å². The number of nitrogens with zero attached hydrogens (tertiary/aromatic N) is 1. The van der Waals surface area contributed by atoms with Gasteiger partial charge in [0.1, 0.15) is 0 Å². The SMILES string of the molecule is Cc1ccc(S(=O)(=O)Nc2cccc3ccc(CNC(C)(C)C)nc23)cc1. The third-order valence-electron chi connectivity index (χ3n) is 4.15. The number of hydrogen-bond donors (Lipinski definition) is 2. The van der Waals surface area contributed by atoms with Crippen LogP contribution >= 0.6 is 0 Å². The van der Waals surface area contributed by atoms with Crippen molar-refractivity contribution in [2.24, 2.45) is 0 Å². The molecule has 0 saturated heterocycles. The van der Waals surface area contributed by atoms with Gasteiger partial charge in [-0.05, 0) is 52.0 Å². The van der Waals surface area contributed by atoms with Gasteiger partial charge in [0, 0.05) is 17.5 Å². The number of fused-ring (bicyclic) bond motifs is 1. The Balaban J connectivity index is 1.95. The molecule has 0 radical (unpaired) electrons. The van der Waals surface area contributed by atoms with E-state index in [4.69, 9.17) is 0 Å². The Morgan fingerprint density at radius 2 is 1.67 bits per heavy atom. The number of pyridine rings is 1. The van der Waals surface area contributed by atoms with Gasteiger partial charge in [0.05, 0.1) is 21.8 Å². The van der Waals surface area contributed by atoms with Crippen LogP contribution in [0.15, 0.2) is 59.5 Å². The van der Waals surface area contributed by atoms with E-state index >= 15 is 0 Å². The van der Waals surface area contributed by atoms with Crippen LogP contribution in [0, 0.1) is 6.92 Å². The van der Waals surface area contributed by atoms with Gasteiger partial charge in [-0.1, -0.05) is 35.9 Å². The Labute approximate surface area is 160 Å². The smallest absolute Gasteiger partial charge is 0.261 e. The summed E-state index contributed by atoms with van der Waals surface area (Å²) in [6.45, 7) is 8.81. The van der Waals surface area contributed by atoms with Gasteiger partial charge in [-0.2, -0.15) is 0 Å². The lowest BCUT2D eigenvalue weighted by Crippen LogP contribution is -2.35. The zero-order valence-corrected chi connectivity index (χ0v) is 16.9. The third kappa shape index (κ3) is 4.84. The van der Waals surface area contributed by atoms with Crippen molar-refractivity contribution >= 4 is 26.6 Å². The first-order valence-corrected chi connectivity index (χ1v) is 10.4. The number of rotatable bonds is 5. The summed E-state index contributed by atoms with van der Waals surface area (Å²) in [4.78, 5) is 4.91. The van der Waals surface area contributed by atoms with Crippen molar-refractivity contribution < 1.29 is 8.42 Å². The molecule has 0 atom stereocenters. The first-order valence-electron chi connectivity index (χ1n) is 8.87. The molecule has 0 aliphatic rings. The first-order chi connectivity index (χ1) is 12.6. The van der Waals surface area contributed by atoms with Crippen molar-refractivity contribution in [3.8, 4) is 0 Å². The molecule has 0 spiro atoms. The van der Waals surface area contributed by atoms with E-state index in [0.717, 1.165) is 16.6 Å². The van der Waals surface area contributed by atoms with Gasteiger partial charge in [-0.3, -0.25) is 4.72 Å². The van der Waals surface area contributed by atoms with Gasteiger partial charge in [-0.15, -0.1) is 0 Å². The van der Waals surface area contributed by atoms with Gasteiger partial charge >= 0.3 is 0 Å². The molecule has 2 N–H and O–H groups in total. The number of anilines is 1. The summed E-state index contributed by atoms with van der Waals surface area (Å²) in [5, 5.41) is 4.29. The molecule has 1 aromatic heterocycles. The average molecular weight is 384 g/mol. The second-order valence-electron chi connectivity index (χ2n) is 7.70. The monoisotopic (exact) mass is 383 g/mol. The minimum atomic E-state index is -3.68. The lowest BCUT2D eigenvalue weighted by molar-refractivity contribution is 0.421. The first kappa shape index (κ1) is 19.3. The molecule has 0 amide bonds. The zero-order chi connectivity index (χ0) is 19.7. The van der Waals surface area contributed by atoms with Crippen LogP contribution in [0.25, 0.3) is 10.9 Å². The standard InChI is InChI=1S/C21H25N3O2S/c1-15-8-12-18(13-9-15)27(25,26)24-19-7-5-6-16-10-11-17(23-20(16)19)14-22-21(2,3)4/h5-13,22,24H,14H2,1-4H3. The van der Waals surface area contributed by atoms with Crippen LogP contribution < -0.4 is 10.0 Å². The van der Waals surface area contributed by atoms with Crippen molar-refractivity contribution in [3.05, 3.63) is 65.9 Å². The lowest BCUT2D eigenvalue weighted by Gasteiger charge is -2.20. The predicted molar refractivity (Wildman–Crippen MR) is 110 cm³/mol. The van der Waals surface area contributed by atoms with E-state index in [1.807, 2.05) is 31.2 Å². The number of aryl methyl sites for hydroxylation is 1. The summed E-state index contributed by atoms with van der Waals surface area (Å²) >= 11 is 0. The third-order valence-corrected chi connectivity index (χ3v) is 5.53. The minimum Gasteiger partial charge on any atom is -0.306 e. The van der Waals surface area contributed by atoms with Crippen LogP contribution in [0.3, 0.4) is 0 Å². The number of sulfonamides is 1. The number of hydrogen-bond acceptors (Lipinski definition) is 4. The molecule has 142 valence electrons. The molecule has 0 aliphatic carbocycles. The largest absolute Gasteiger partial charge is 0.306 e. The molecule has 0 aliphatic heterocycles. The maximum Gasteiger partial charge on any atom is 0.261 e. The van der Waals surface area contributed by atoms with Crippen LogP contribution in [-0.4, -0.2) is 18.9 Å². The molecule has 0 bridgehead atoms. The normalized spacial score (nSPS) is 12.3. The maximum atomic E-state index is 12.7. The lowest BCUT2D eigenvalue weighted by atomic mass is 10.1. The van der Waals surface area contributed by atoms with E-state index in [1.54, 1.807) is 30.3 Å². The fourth-order valence-corrected chi connectivity index (χ4v) is 3.71. The van der Waals surface area contributed by atoms with E-state index in [-0.39, 0.29) is 10.4 Å². The van der Waals surface area contributed by atoms with Gasteiger partial charge in [0.2, 0.25) is 0 Å². The molecule has 3 aromatic rings. The fraction of sp³-hybridized carbons (Fsp3) is 0.286. The highest BCUT2D eigenvalue weighted by atomic mass is 32.2. The van der Waals surface area contributed by atoms with Crippen molar-refractivity contribution in [2.45, 2.75) is 44.7 Å². The molecule has 0 fully saturated rings. The average Bonchev–Trinajstić information content (AvgIpc) is 2.60. The van der Waals surface area contributed by atoms with Crippen LogP contribution in [0.5, 0.6) is 0 Å². The maximum absolute atomic E-state index is 12.7.